The number of halogens is 5. The highest BCUT2D eigenvalue weighted by molar-refractivity contribution is 5.84. The van der Waals surface area contributed by atoms with Gasteiger partial charge in [-0.15, -0.1) is 0 Å². The summed E-state index contributed by atoms with van der Waals surface area (Å²) in [6.07, 6.45) is 3.48. The van der Waals surface area contributed by atoms with Crippen LogP contribution in [0.25, 0.3) is 10.8 Å². The molecule has 1 nitrogen and oxygen atoms in total. The number of hydrogen-bond donors (Lipinski definition) is 0. The maximum atomic E-state index is 15.2. The Balaban J connectivity index is 1.47. The quantitative estimate of drug-likeness (QED) is 0.209. The molecule has 4 aromatic carbocycles. The average molecular weight is 508 g/mol. The Morgan fingerprint density at radius 3 is 1.92 bits per heavy atom. The number of unbranched alkanes of at least 4 members (excludes halogenated alkanes) is 1. The van der Waals surface area contributed by atoms with Gasteiger partial charge < -0.3 is 0 Å². The molecule has 0 aliphatic heterocycles. The van der Waals surface area contributed by atoms with Crippen LogP contribution >= 0.6 is 0 Å². The minimum Gasteiger partial charge on any atom is -0.207 e. The molecule has 0 fully saturated rings. The monoisotopic (exact) mass is 507 g/mol. The summed E-state index contributed by atoms with van der Waals surface area (Å²) in [6.45, 7) is 2.03. The van der Waals surface area contributed by atoms with Gasteiger partial charge in [-0.1, -0.05) is 43.7 Å². The maximum Gasteiger partial charge on any atom is 0.144 e. The number of fused-ring (bicyclic) bond motifs is 1. The topological polar surface area (TPSA) is 23.8 Å². The highest BCUT2D eigenvalue weighted by atomic mass is 19.1. The zero-order valence-electron chi connectivity index (χ0n) is 20.5. The van der Waals surface area contributed by atoms with Gasteiger partial charge in [0.05, 0.1) is 0 Å². The van der Waals surface area contributed by atoms with Crippen LogP contribution in [0.4, 0.5) is 22.0 Å². The van der Waals surface area contributed by atoms with Crippen LogP contribution in [0.1, 0.15) is 53.1 Å². The average Bonchev–Trinajstić information content (AvgIpc) is 2.86. The molecule has 0 unspecified atom stereocenters. The van der Waals surface area contributed by atoms with Crippen molar-refractivity contribution >= 4 is 10.8 Å². The highest BCUT2D eigenvalue weighted by Crippen LogP contribution is 2.26. The van der Waals surface area contributed by atoms with Gasteiger partial charge >= 0.3 is 0 Å². The van der Waals surface area contributed by atoms with Crippen molar-refractivity contribution in [3.63, 3.8) is 0 Å². The summed E-state index contributed by atoms with van der Waals surface area (Å²) < 4.78 is 71.9. The summed E-state index contributed by atoms with van der Waals surface area (Å²) in [5, 5.41) is 9.85. The van der Waals surface area contributed by atoms with E-state index in [4.69, 9.17) is 5.26 Å². The Morgan fingerprint density at radius 2 is 1.27 bits per heavy atom. The van der Waals surface area contributed by atoms with E-state index < -0.39 is 34.6 Å². The van der Waals surface area contributed by atoms with E-state index in [0.29, 0.717) is 40.3 Å². The van der Waals surface area contributed by atoms with Crippen LogP contribution in [0, 0.1) is 40.4 Å². The first-order valence-corrected chi connectivity index (χ1v) is 12.4. The molecule has 190 valence electrons. The zero-order valence-corrected chi connectivity index (χ0v) is 20.5. The summed E-state index contributed by atoms with van der Waals surface area (Å²) in [5.74, 6) is -3.36. The number of nitriles is 1. The van der Waals surface area contributed by atoms with Gasteiger partial charge in [-0.25, -0.2) is 22.0 Å². The maximum absolute atomic E-state index is 15.2. The van der Waals surface area contributed by atoms with Crippen molar-refractivity contribution in [3.8, 4) is 6.07 Å². The minimum atomic E-state index is -0.934. The number of hydrogen-bond acceptors (Lipinski definition) is 1. The highest BCUT2D eigenvalue weighted by Gasteiger charge is 2.14. The molecule has 4 rings (SSSR count). The second-order valence-electron chi connectivity index (χ2n) is 9.28. The fourth-order valence-corrected chi connectivity index (χ4v) is 4.58. The second kappa shape index (κ2) is 11.6. The SMILES string of the molecule is CCCCc1cc(F)c(CCc2ccc3c(F)c(CCc4cc(F)c(C#N)c(F)c4)ccc3c2)c(F)c1. The molecule has 0 aromatic heterocycles. The molecule has 0 spiro atoms. The standard InChI is InChI=1S/C31H26F5N/c1-2-3-4-20-14-27(32)25(28(33)15-20)12-7-19-6-11-24-23(13-19)10-9-22(31(24)36)8-5-21-16-29(34)26(18-37)30(35)17-21/h6,9-11,13-17H,2-5,7-8,12H2,1H3. The first kappa shape index (κ1) is 26.3. The third-order valence-electron chi connectivity index (χ3n) is 6.68. The minimum absolute atomic E-state index is 0.0533. The van der Waals surface area contributed by atoms with Crippen LogP contribution in [-0.4, -0.2) is 0 Å². The summed E-state index contributed by atoms with van der Waals surface area (Å²) in [5.41, 5.74) is 1.65. The molecule has 0 N–H and O–H groups in total. The van der Waals surface area contributed by atoms with Gasteiger partial charge in [-0.2, -0.15) is 5.26 Å². The van der Waals surface area contributed by atoms with Crippen LogP contribution in [0.5, 0.6) is 0 Å². The third kappa shape index (κ3) is 5.99. The largest absolute Gasteiger partial charge is 0.207 e. The molecule has 37 heavy (non-hydrogen) atoms. The van der Waals surface area contributed by atoms with Crippen molar-refractivity contribution in [2.45, 2.75) is 51.9 Å². The molecule has 0 aliphatic rings. The Morgan fingerprint density at radius 1 is 0.649 bits per heavy atom. The van der Waals surface area contributed by atoms with E-state index in [9.17, 15) is 17.6 Å². The molecule has 4 aromatic rings. The predicted octanol–water partition coefficient (Wildman–Crippen LogP) is 8.32. The predicted molar refractivity (Wildman–Crippen MR) is 135 cm³/mol. The van der Waals surface area contributed by atoms with Crippen LogP contribution < -0.4 is 0 Å². The Bertz CT molecular complexity index is 1440. The van der Waals surface area contributed by atoms with Crippen LogP contribution in [0.15, 0.2) is 54.6 Å². The van der Waals surface area contributed by atoms with Crippen molar-refractivity contribution in [2.75, 3.05) is 0 Å². The molecular weight excluding hydrogens is 481 g/mol. The molecule has 6 heteroatoms. The normalized spacial score (nSPS) is 11.2. The third-order valence-corrected chi connectivity index (χ3v) is 6.68. The molecule has 0 saturated carbocycles. The van der Waals surface area contributed by atoms with Crippen molar-refractivity contribution in [2.24, 2.45) is 0 Å². The molecule has 0 heterocycles. The van der Waals surface area contributed by atoms with Crippen molar-refractivity contribution < 1.29 is 22.0 Å². The van der Waals surface area contributed by atoms with Crippen LogP contribution in [0.2, 0.25) is 0 Å². The van der Waals surface area contributed by atoms with Crippen molar-refractivity contribution in [1.82, 2.24) is 0 Å². The van der Waals surface area contributed by atoms with Gasteiger partial charge in [0.1, 0.15) is 40.7 Å². The summed E-state index contributed by atoms with van der Waals surface area (Å²) in [4.78, 5) is 0. The molecule has 0 aliphatic carbocycles. The lowest BCUT2D eigenvalue weighted by Crippen LogP contribution is -2.02. The van der Waals surface area contributed by atoms with Crippen LogP contribution in [-0.2, 0) is 32.1 Å². The molecule has 0 saturated heterocycles. The van der Waals surface area contributed by atoms with Crippen molar-refractivity contribution in [3.05, 3.63) is 117 Å². The van der Waals surface area contributed by atoms with E-state index in [-0.39, 0.29) is 24.8 Å². The van der Waals surface area contributed by atoms with Gasteiger partial charge in [0.2, 0.25) is 0 Å². The summed E-state index contributed by atoms with van der Waals surface area (Å²) >= 11 is 0. The van der Waals surface area contributed by atoms with E-state index in [1.54, 1.807) is 30.3 Å². The first-order chi connectivity index (χ1) is 17.8. The first-order valence-electron chi connectivity index (χ1n) is 12.4. The van der Waals surface area contributed by atoms with E-state index >= 15 is 4.39 Å². The second-order valence-corrected chi connectivity index (χ2v) is 9.28. The lowest BCUT2D eigenvalue weighted by molar-refractivity contribution is 0.550. The zero-order chi connectivity index (χ0) is 26.5. The molecule has 0 atom stereocenters. The molecular formula is C31H26F5N. The van der Waals surface area contributed by atoms with E-state index in [2.05, 4.69) is 0 Å². The number of aryl methyl sites for hydroxylation is 4. The van der Waals surface area contributed by atoms with Gasteiger partial charge in [0.15, 0.2) is 0 Å². The van der Waals surface area contributed by atoms with Gasteiger partial charge in [-0.05, 0) is 90.4 Å². The lowest BCUT2D eigenvalue weighted by Gasteiger charge is -2.11. The summed E-state index contributed by atoms with van der Waals surface area (Å²) in [7, 11) is 0. The van der Waals surface area contributed by atoms with E-state index in [0.717, 1.165) is 30.5 Å². The van der Waals surface area contributed by atoms with Crippen molar-refractivity contribution in [1.29, 1.82) is 5.26 Å². The Kier molecular flexibility index (Phi) is 8.23. The number of nitrogens with zero attached hydrogens (tertiary/aromatic N) is 1. The number of rotatable bonds is 9. The van der Waals surface area contributed by atoms with Gasteiger partial charge in [-0.3, -0.25) is 0 Å². The van der Waals surface area contributed by atoms with Gasteiger partial charge in [0, 0.05) is 10.9 Å². The van der Waals surface area contributed by atoms with Gasteiger partial charge in [0.25, 0.3) is 0 Å². The molecule has 0 bridgehead atoms. The fraction of sp³-hybridized carbons (Fsp3) is 0.258. The van der Waals surface area contributed by atoms with Crippen LogP contribution in [0.3, 0.4) is 0 Å². The summed E-state index contributed by atoms with van der Waals surface area (Å²) in [6, 6.07) is 15.1. The Labute approximate surface area is 213 Å². The lowest BCUT2D eigenvalue weighted by atomic mass is 9.96. The fourth-order valence-electron chi connectivity index (χ4n) is 4.58. The van der Waals surface area contributed by atoms with E-state index in [1.165, 1.54) is 18.2 Å². The van der Waals surface area contributed by atoms with E-state index in [1.807, 2.05) is 6.92 Å². The number of benzene rings is 4. The smallest absolute Gasteiger partial charge is 0.144 e. The molecule has 0 amide bonds. The Hall–Kier alpha value is -3.72. The molecule has 0 radical (unpaired) electrons.